The molecule has 214 valence electrons. The molecule has 3 fully saturated rings. The Balaban J connectivity index is 1.46. The van der Waals surface area contributed by atoms with Crippen LogP contribution in [0.2, 0.25) is 0 Å². The van der Waals surface area contributed by atoms with Crippen molar-refractivity contribution in [3.05, 3.63) is 11.9 Å². The highest BCUT2D eigenvalue weighted by Gasteiger charge is 2.40. The Morgan fingerprint density at radius 1 is 1.13 bits per heavy atom. The van der Waals surface area contributed by atoms with E-state index in [-0.39, 0.29) is 29.1 Å². The lowest BCUT2D eigenvalue weighted by Gasteiger charge is -2.46. The molecule has 4 rings (SSSR count). The van der Waals surface area contributed by atoms with E-state index >= 15 is 0 Å². The normalized spacial score (nSPS) is 24.9. The molecule has 0 radical (unpaired) electrons. The summed E-state index contributed by atoms with van der Waals surface area (Å²) in [5, 5.41) is 0. The minimum absolute atomic E-state index is 0.177. The third kappa shape index (κ3) is 7.12. The average Bonchev–Trinajstić information content (AvgIpc) is 3.30. The van der Waals surface area contributed by atoms with Crippen molar-refractivity contribution in [3.8, 4) is 0 Å². The molecule has 2 aliphatic carbocycles. The number of rotatable bonds is 6. The van der Waals surface area contributed by atoms with E-state index in [0.29, 0.717) is 18.2 Å². The van der Waals surface area contributed by atoms with Crippen molar-refractivity contribution in [2.45, 2.75) is 104 Å². The summed E-state index contributed by atoms with van der Waals surface area (Å²) in [6, 6.07) is 1.74. The Morgan fingerprint density at radius 3 is 2.47 bits per heavy atom. The molecule has 0 amide bonds. The molecule has 3 atom stereocenters. The zero-order valence-electron chi connectivity index (χ0n) is 23.7. The van der Waals surface area contributed by atoms with Gasteiger partial charge in [-0.25, -0.2) is 9.97 Å². The van der Waals surface area contributed by atoms with Crippen molar-refractivity contribution in [2.75, 3.05) is 36.5 Å². The van der Waals surface area contributed by atoms with Crippen LogP contribution in [0, 0.1) is 23.2 Å². The van der Waals surface area contributed by atoms with Crippen LogP contribution in [-0.4, -0.2) is 48.2 Å². The smallest absolute Gasteiger partial charge is 0.451 e. The lowest BCUT2D eigenvalue weighted by Crippen LogP contribution is -2.45. The van der Waals surface area contributed by atoms with Gasteiger partial charge in [0.05, 0.1) is 5.92 Å². The van der Waals surface area contributed by atoms with Crippen LogP contribution in [0.3, 0.4) is 0 Å². The fourth-order valence-corrected chi connectivity index (χ4v) is 6.82. The third-order valence-electron chi connectivity index (χ3n) is 8.84. The highest BCUT2D eigenvalue weighted by atomic mass is 19.4. The zero-order chi connectivity index (χ0) is 27.7. The van der Waals surface area contributed by atoms with E-state index in [1.807, 2.05) is 39.6 Å². The molecule has 3 unspecified atom stereocenters. The number of carbonyl (C=O) groups excluding carboxylic acids is 1. The monoisotopic (exact) mass is 538 g/mol. The molecule has 1 aromatic heterocycles. The summed E-state index contributed by atoms with van der Waals surface area (Å²) in [5.41, 5.74) is -0.314. The number of piperidine rings is 1. The number of esters is 1. The third-order valence-corrected chi connectivity index (χ3v) is 8.84. The fourth-order valence-electron chi connectivity index (χ4n) is 6.82. The van der Waals surface area contributed by atoms with Gasteiger partial charge in [-0.1, -0.05) is 26.2 Å². The van der Waals surface area contributed by atoms with Crippen molar-refractivity contribution in [1.29, 1.82) is 0 Å². The van der Waals surface area contributed by atoms with Gasteiger partial charge in [-0.05, 0) is 83.0 Å². The largest absolute Gasteiger partial charge is 0.460 e. The maximum absolute atomic E-state index is 13.9. The molecule has 9 heteroatoms. The van der Waals surface area contributed by atoms with Gasteiger partial charge in [0.2, 0.25) is 5.82 Å². The van der Waals surface area contributed by atoms with Gasteiger partial charge in [-0.2, -0.15) is 13.2 Å². The maximum Gasteiger partial charge on any atom is 0.451 e. The highest BCUT2D eigenvalue weighted by molar-refractivity contribution is 5.72. The lowest BCUT2D eigenvalue weighted by molar-refractivity contribution is -0.161. The Morgan fingerprint density at radius 2 is 1.82 bits per heavy atom. The van der Waals surface area contributed by atoms with Gasteiger partial charge in [0.25, 0.3) is 0 Å². The lowest BCUT2D eigenvalue weighted by atomic mass is 9.69. The average molecular weight is 539 g/mol. The van der Waals surface area contributed by atoms with E-state index in [9.17, 15) is 18.0 Å². The molecule has 1 aromatic rings. The van der Waals surface area contributed by atoms with E-state index in [2.05, 4.69) is 14.9 Å². The van der Waals surface area contributed by atoms with Crippen molar-refractivity contribution in [1.82, 2.24) is 9.97 Å². The zero-order valence-corrected chi connectivity index (χ0v) is 23.7. The van der Waals surface area contributed by atoms with Gasteiger partial charge in [-0.15, -0.1) is 0 Å². The molecule has 2 saturated carbocycles. The van der Waals surface area contributed by atoms with Crippen molar-refractivity contribution in [3.63, 3.8) is 0 Å². The number of halogens is 3. The number of aromatic nitrogens is 2. The Labute approximate surface area is 225 Å². The van der Waals surface area contributed by atoms with Crippen molar-refractivity contribution < 1.29 is 22.7 Å². The predicted molar refractivity (Wildman–Crippen MR) is 143 cm³/mol. The molecule has 1 saturated heterocycles. The van der Waals surface area contributed by atoms with E-state index in [0.717, 1.165) is 58.0 Å². The van der Waals surface area contributed by atoms with Crippen LogP contribution in [0.4, 0.5) is 24.8 Å². The number of hydrogen-bond donors (Lipinski definition) is 0. The first-order valence-electron chi connectivity index (χ1n) is 14.4. The number of anilines is 2. The first-order valence-corrected chi connectivity index (χ1v) is 14.4. The quantitative estimate of drug-likeness (QED) is 0.368. The molecule has 1 spiro atoms. The Bertz CT molecular complexity index is 966. The predicted octanol–water partition coefficient (Wildman–Crippen LogP) is 6.88. The standard InChI is InChI=1S/C29H45F3N4O2/c1-20(25(37)38-27(2,3)4)22-11-10-21(16-22)18-35(5)23-17-24(34-26(33-23)29(30,31)32)36-15-9-14-28(19-36)12-7-6-8-13-28/h17,20-22H,6-16,18-19H2,1-5H3. The number of alkyl halides is 3. The SMILES string of the molecule is CC(C(=O)OC(C)(C)C)C1CCC(CN(C)c2cc(N3CCCC4(CCCCC4)C3)nc(C(F)(F)F)n2)C1. The van der Waals surface area contributed by atoms with Crippen LogP contribution in [0.5, 0.6) is 0 Å². The van der Waals surface area contributed by atoms with E-state index in [1.165, 1.54) is 19.3 Å². The van der Waals surface area contributed by atoms with Crippen LogP contribution >= 0.6 is 0 Å². The number of nitrogens with zero attached hydrogens (tertiary/aromatic N) is 4. The number of hydrogen-bond acceptors (Lipinski definition) is 6. The summed E-state index contributed by atoms with van der Waals surface area (Å²) in [5.74, 6) is -0.237. The second-order valence-corrected chi connectivity index (χ2v) is 13.1. The van der Waals surface area contributed by atoms with Gasteiger partial charge in [0, 0.05) is 32.7 Å². The molecule has 0 aromatic carbocycles. The van der Waals surface area contributed by atoms with Crippen molar-refractivity contribution >= 4 is 17.6 Å². The van der Waals surface area contributed by atoms with Crippen LogP contribution in [0.15, 0.2) is 6.07 Å². The van der Waals surface area contributed by atoms with Crippen LogP contribution < -0.4 is 9.80 Å². The molecule has 3 aliphatic rings. The van der Waals surface area contributed by atoms with Gasteiger partial charge in [-0.3, -0.25) is 4.79 Å². The maximum atomic E-state index is 13.9. The molecule has 6 nitrogen and oxygen atoms in total. The van der Waals surface area contributed by atoms with Crippen LogP contribution in [0.25, 0.3) is 0 Å². The second-order valence-electron chi connectivity index (χ2n) is 13.1. The molecule has 0 N–H and O–H groups in total. The van der Waals surface area contributed by atoms with Crippen LogP contribution in [0.1, 0.15) is 97.7 Å². The molecule has 38 heavy (non-hydrogen) atoms. The van der Waals surface area contributed by atoms with Gasteiger partial charge >= 0.3 is 12.1 Å². The molecule has 2 heterocycles. The highest BCUT2D eigenvalue weighted by Crippen LogP contribution is 2.44. The minimum atomic E-state index is -4.61. The summed E-state index contributed by atoms with van der Waals surface area (Å²) in [7, 11) is 1.82. The second kappa shape index (κ2) is 11.2. The molecule has 1 aliphatic heterocycles. The Hall–Kier alpha value is -2.06. The van der Waals surface area contributed by atoms with Gasteiger partial charge < -0.3 is 14.5 Å². The summed E-state index contributed by atoms with van der Waals surface area (Å²) >= 11 is 0. The topological polar surface area (TPSA) is 58.6 Å². The first kappa shape index (κ1) is 28.9. The van der Waals surface area contributed by atoms with Gasteiger partial charge in [0.15, 0.2) is 0 Å². The van der Waals surface area contributed by atoms with Crippen LogP contribution in [-0.2, 0) is 15.7 Å². The summed E-state index contributed by atoms with van der Waals surface area (Å²) in [6.07, 6.45) is 6.18. The first-order chi connectivity index (χ1) is 17.7. The van der Waals surface area contributed by atoms with Crippen molar-refractivity contribution in [2.24, 2.45) is 23.2 Å². The fraction of sp³-hybridized carbons (Fsp3) is 0.828. The van der Waals surface area contributed by atoms with E-state index < -0.39 is 17.6 Å². The Kier molecular flexibility index (Phi) is 8.53. The summed E-state index contributed by atoms with van der Waals surface area (Å²) in [6.45, 7) is 9.63. The molecular formula is C29H45F3N4O2. The summed E-state index contributed by atoms with van der Waals surface area (Å²) in [4.78, 5) is 24.4. The molecule has 0 bridgehead atoms. The van der Waals surface area contributed by atoms with E-state index in [4.69, 9.17) is 4.74 Å². The summed E-state index contributed by atoms with van der Waals surface area (Å²) < 4.78 is 47.2. The van der Waals surface area contributed by atoms with E-state index in [1.54, 1.807) is 6.07 Å². The molecular weight excluding hydrogens is 493 g/mol. The minimum Gasteiger partial charge on any atom is -0.460 e. The number of carbonyl (C=O) groups is 1. The number of ether oxygens (including phenoxy) is 1. The van der Waals surface area contributed by atoms with Gasteiger partial charge in [0.1, 0.15) is 17.2 Å².